The number of alkyl halides is 2. The molecule has 72 valence electrons. The van der Waals surface area contributed by atoms with Crippen LogP contribution in [0.1, 0.15) is 19.8 Å². The van der Waals surface area contributed by atoms with E-state index in [1.54, 1.807) is 4.90 Å². The molecule has 1 fully saturated rings. The van der Waals surface area contributed by atoms with Crippen molar-refractivity contribution in [1.29, 1.82) is 0 Å². The zero-order valence-corrected chi connectivity index (χ0v) is 7.26. The number of hydrogen-bond acceptors (Lipinski definition) is 2. The molecule has 1 aliphatic heterocycles. The number of likely N-dealkylation sites (tertiary alicyclic amines) is 1. The Morgan fingerprint density at radius 2 is 2.25 bits per heavy atom. The predicted octanol–water partition coefficient (Wildman–Crippen LogP) is 1.10. The Labute approximate surface area is 71.2 Å². The van der Waals surface area contributed by atoms with E-state index in [9.17, 15) is 8.78 Å². The molecule has 1 saturated heterocycles. The number of nitrogens with zero attached hydrogens (tertiary/aromatic N) is 1. The molecule has 0 spiro atoms. The van der Waals surface area contributed by atoms with Gasteiger partial charge in [-0.2, -0.15) is 0 Å². The Morgan fingerprint density at radius 3 is 2.67 bits per heavy atom. The van der Waals surface area contributed by atoms with Crippen LogP contribution in [-0.2, 0) is 0 Å². The van der Waals surface area contributed by atoms with Crippen LogP contribution in [0.25, 0.3) is 0 Å². The first-order chi connectivity index (χ1) is 5.55. The van der Waals surface area contributed by atoms with Gasteiger partial charge in [0.25, 0.3) is 5.92 Å². The van der Waals surface area contributed by atoms with E-state index in [4.69, 9.17) is 5.11 Å². The lowest BCUT2D eigenvalue weighted by atomic mass is 10.2. The summed E-state index contributed by atoms with van der Waals surface area (Å²) in [5.74, 6) is -2.93. The number of hydrogen-bond donors (Lipinski definition) is 1. The zero-order chi connectivity index (χ0) is 9.19. The molecule has 0 amide bonds. The highest BCUT2D eigenvalue weighted by Gasteiger charge is 2.34. The Bertz CT molecular complexity index is 152. The largest absolute Gasteiger partial charge is 0.390 e. The van der Waals surface area contributed by atoms with Gasteiger partial charge in [0.05, 0.1) is 6.54 Å². The Kier molecular flexibility index (Phi) is 3.01. The van der Waals surface area contributed by atoms with Crippen LogP contribution in [0.15, 0.2) is 0 Å². The molecule has 1 rings (SSSR count). The highest BCUT2D eigenvalue weighted by molar-refractivity contribution is 4.80. The maximum atomic E-state index is 12.7. The fraction of sp³-hybridized carbons (Fsp3) is 1.00. The molecule has 1 aliphatic rings. The van der Waals surface area contributed by atoms with Gasteiger partial charge in [0.15, 0.2) is 0 Å². The summed E-state index contributed by atoms with van der Waals surface area (Å²) in [6, 6.07) is 0.238. The van der Waals surface area contributed by atoms with Crippen molar-refractivity contribution in [1.82, 2.24) is 4.90 Å². The van der Waals surface area contributed by atoms with Crippen LogP contribution in [0, 0.1) is 0 Å². The van der Waals surface area contributed by atoms with Crippen LogP contribution in [0.3, 0.4) is 0 Å². The standard InChI is InChI=1S/C8H15F2NO/c1-7-3-2-4-11(7)5-8(9,10)6-12/h7,12H,2-6H2,1H3. The average Bonchev–Trinajstić information content (AvgIpc) is 2.36. The fourth-order valence-corrected chi connectivity index (χ4v) is 1.57. The van der Waals surface area contributed by atoms with Gasteiger partial charge < -0.3 is 5.11 Å². The second-order valence-corrected chi connectivity index (χ2v) is 3.48. The molecular weight excluding hydrogens is 164 g/mol. The van der Waals surface area contributed by atoms with Gasteiger partial charge in [-0.3, -0.25) is 4.90 Å². The third kappa shape index (κ3) is 2.38. The van der Waals surface area contributed by atoms with Gasteiger partial charge in [-0.1, -0.05) is 0 Å². The number of halogens is 2. The van der Waals surface area contributed by atoms with Crippen LogP contribution >= 0.6 is 0 Å². The molecule has 1 N–H and O–H groups in total. The van der Waals surface area contributed by atoms with Crippen molar-refractivity contribution in [2.75, 3.05) is 19.7 Å². The van der Waals surface area contributed by atoms with Crippen molar-refractivity contribution >= 4 is 0 Å². The molecule has 0 aromatic carbocycles. The van der Waals surface area contributed by atoms with Crippen molar-refractivity contribution in [3.05, 3.63) is 0 Å². The first kappa shape index (κ1) is 9.86. The van der Waals surface area contributed by atoms with Crippen molar-refractivity contribution in [2.45, 2.75) is 31.7 Å². The summed E-state index contributed by atoms with van der Waals surface area (Å²) in [7, 11) is 0. The quantitative estimate of drug-likeness (QED) is 0.701. The molecule has 0 aromatic rings. The van der Waals surface area contributed by atoms with Crippen LogP contribution in [0.2, 0.25) is 0 Å². The minimum Gasteiger partial charge on any atom is -0.390 e. The molecule has 0 bridgehead atoms. The average molecular weight is 179 g/mol. The van der Waals surface area contributed by atoms with E-state index >= 15 is 0 Å². The highest BCUT2D eigenvalue weighted by atomic mass is 19.3. The SMILES string of the molecule is CC1CCCN1CC(F)(F)CO. The van der Waals surface area contributed by atoms with E-state index in [1.807, 2.05) is 6.92 Å². The summed E-state index contributed by atoms with van der Waals surface area (Å²) >= 11 is 0. The second kappa shape index (κ2) is 3.66. The number of aliphatic hydroxyl groups excluding tert-OH is 1. The first-order valence-corrected chi connectivity index (χ1v) is 4.28. The topological polar surface area (TPSA) is 23.5 Å². The Morgan fingerprint density at radius 1 is 1.58 bits per heavy atom. The van der Waals surface area contributed by atoms with Crippen LogP contribution in [-0.4, -0.2) is 41.7 Å². The van der Waals surface area contributed by atoms with Crippen molar-refractivity contribution < 1.29 is 13.9 Å². The van der Waals surface area contributed by atoms with Crippen molar-refractivity contribution in [2.24, 2.45) is 0 Å². The molecular formula is C8H15F2NO. The molecule has 12 heavy (non-hydrogen) atoms. The van der Waals surface area contributed by atoms with E-state index in [0.29, 0.717) is 0 Å². The molecule has 4 heteroatoms. The molecule has 0 radical (unpaired) electrons. The summed E-state index contributed by atoms with van der Waals surface area (Å²) in [4.78, 5) is 1.73. The maximum Gasteiger partial charge on any atom is 0.283 e. The van der Waals surface area contributed by atoms with E-state index < -0.39 is 12.5 Å². The van der Waals surface area contributed by atoms with Crippen molar-refractivity contribution in [3.63, 3.8) is 0 Å². The van der Waals surface area contributed by atoms with Gasteiger partial charge >= 0.3 is 0 Å². The fourth-order valence-electron chi connectivity index (χ4n) is 1.57. The minimum atomic E-state index is -2.93. The normalized spacial score (nSPS) is 26.5. The van der Waals surface area contributed by atoms with E-state index in [1.165, 1.54) is 0 Å². The van der Waals surface area contributed by atoms with Gasteiger partial charge in [0, 0.05) is 6.04 Å². The monoisotopic (exact) mass is 179 g/mol. The molecule has 1 heterocycles. The summed E-state index contributed by atoms with van der Waals surface area (Å²) in [5.41, 5.74) is 0. The van der Waals surface area contributed by atoms with Gasteiger partial charge in [0.2, 0.25) is 0 Å². The molecule has 0 saturated carbocycles. The van der Waals surface area contributed by atoms with E-state index in [2.05, 4.69) is 0 Å². The lowest BCUT2D eigenvalue weighted by molar-refractivity contribution is -0.0739. The van der Waals surface area contributed by atoms with Gasteiger partial charge in [-0.25, -0.2) is 8.78 Å². The van der Waals surface area contributed by atoms with Crippen LogP contribution in [0.5, 0.6) is 0 Å². The molecule has 0 aromatic heterocycles. The summed E-state index contributed by atoms with van der Waals surface area (Å²) < 4.78 is 25.4. The molecule has 1 atom stereocenters. The van der Waals surface area contributed by atoms with Crippen LogP contribution < -0.4 is 0 Å². The maximum absolute atomic E-state index is 12.7. The molecule has 0 aliphatic carbocycles. The predicted molar refractivity (Wildman–Crippen MR) is 42.3 cm³/mol. The lowest BCUT2D eigenvalue weighted by Crippen LogP contribution is -2.40. The van der Waals surface area contributed by atoms with Crippen LogP contribution in [0.4, 0.5) is 8.78 Å². The smallest absolute Gasteiger partial charge is 0.283 e. The summed E-state index contributed by atoms with van der Waals surface area (Å²) in [5, 5.41) is 8.36. The third-order valence-electron chi connectivity index (χ3n) is 2.36. The molecule has 2 nitrogen and oxygen atoms in total. The lowest BCUT2D eigenvalue weighted by Gasteiger charge is -2.25. The summed E-state index contributed by atoms with van der Waals surface area (Å²) in [6.45, 7) is 1.33. The second-order valence-electron chi connectivity index (χ2n) is 3.48. The first-order valence-electron chi connectivity index (χ1n) is 4.28. The third-order valence-corrected chi connectivity index (χ3v) is 2.36. The van der Waals surface area contributed by atoms with Crippen molar-refractivity contribution in [3.8, 4) is 0 Å². The Balaban J connectivity index is 2.39. The summed E-state index contributed by atoms with van der Waals surface area (Å²) in [6.07, 6.45) is 1.98. The van der Waals surface area contributed by atoms with Gasteiger partial charge in [-0.15, -0.1) is 0 Å². The number of aliphatic hydroxyl groups is 1. The number of rotatable bonds is 3. The Hall–Kier alpha value is -0.220. The van der Waals surface area contributed by atoms with E-state index in [-0.39, 0.29) is 12.6 Å². The van der Waals surface area contributed by atoms with E-state index in [0.717, 1.165) is 19.4 Å². The molecule has 1 unspecified atom stereocenters. The zero-order valence-electron chi connectivity index (χ0n) is 7.26. The van der Waals surface area contributed by atoms with Gasteiger partial charge in [-0.05, 0) is 26.3 Å². The van der Waals surface area contributed by atoms with Gasteiger partial charge in [0.1, 0.15) is 6.61 Å². The highest BCUT2D eigenvalue weighted by Crippen LogP contribution is 2.22. The minimum absolute atomic E-state index is 0.238.